The molecular formula is C10H23N. The van der Waals surface area contributed by atoms with Crippen molar-refractivity contribution in [1.82, 2.24) is 0 Å². The summed E-state index contributed by atoms with van der Waals surface area (Å²) in [4.78, 5) is 0. The van der Waals surface area contributed by atoms with Crippen LogP contribution in [-0.2, 0) is 0 Å². The van der Waals surface area contributed by atoms with Gasteiger partial charge in [0, 0.05) is 6.04 Å². The largest absolute Gasteiger partial charge is 0.327 e. The van der Waals surface area contributed by atoms with E-state index < -0.39 is 0 Å². The molecule has 11 heavy (non-hydrogen) atoms. The Balaban J connectivity index is 3.28. The Hall–Kier alpha value is -0.0400. The summed E-state index contributed by atoms with van der Waals surface area (Å²) in [6.45, 7) is 6.68. The Labute approximate surface area is 71.4 Å². The van der Waals surface area contributed by atoms with Gasteiger partial charge in [0.2, 0.25) is 0 Å². The molecule has 0 amide bonds. The monoisotopic (exact) mass is 157 g/mol. The molecule has 0 radical (unpaired) electrons. The predicted octanol–water partition coefficient (Wildman–Crippen LogP) is 2.94. The summed E-state index contributed by atoms with van der Waals surface area (Å²) in [7, 11) is 0. The highest BCUT2D eigenvalue weighted by molar-refractivity contribution is 4.66. The van der Waals surface area contributed by atoms with Crippen molar-refractivity contribution >= 4 is 0 Å². The van der Waals surface area contributed by atoms with Gasteiger partial charge < -0.3 is 5.73 Å². The Morgan fingerprint density at radius 1 is 1.18 bits per heavy atom. The maximum absolute atomic E-state index is 5.90. The minimum absolute atomic E-state index is 0.423. The second-order valence-corrected chi connectivity index (χ2v) is 3.55. The summed E-state index contributed by atoms with van der Waals surface area (Å²) in [5, 5.41) is 0. The van der Waals surface area contributed by atoms with Crippen molar-refractivity contribution in [3.63, 3.8) is 0 Å². The molecule has 0 saturated carbocycles. The third-order valence-electron chi connectivity index (χ3n) is 2.47. The van der Waals surface area contributed by atoms with Gasteiger partial charge in [0.05, 0.1) is 0 Å². The zero-order valence-corrected chi connectivity index (χ0v) is 8.27. The summed E-state index contributed by atoms with van der Waals surface area (Å²) in [5.74, 6) is 0.714. The molecule has 1 heteroatoms. The maximum Gasteiger partial charge on any atom is 0.00619 e. The summed E-state index contributed by atoms with van der Waals surface area (Å²) in [6, 6.07) is 0.423. The molecule has 0 spiro atoms. The highest BCUT2D eigenvalue weighted by Crippen LogP contribution is 2.13. The molecule has 2 atom stereocenters. The molecule has 0 aliphatic heterocycles. The minimum atomic E-state index is 0.423. The van der Waals surface area contributed by atoms with Crippen molar-refractivity contribution in [2.24, 2.45) is 11.7 Å². The fourth-order valence-corrected chi connectivity index (χ4v) is 1.33. The smallest absolute Gasteiger partial charge is 0.00619 e. The average molecular weight is 157 g/mol. The Bertz CT molecular complexity index is 80.9. The number of unbranched alkanes of at least 4 members (excludes halogenated alkanes) is 2. The molecule has 0 heterocycles. The third-order valence-corrected chi connectivity index (χ3v) is 2.47. The molecule has 68 valence electrons. The first-order chi connectivity index (χ1) is 5.22. The molecular weight excluding hydrogens is 134 g/mol. The Morgan fingerprint density at radius 3 is 2.27 bits per heavy atom. The molecule has 1 nitrogen and oxygen atoms in total. The highest BCUT2D eigenvalue weighted by Gasteiger charge is 2.08. The van der Waals surface area contributed by atoms with E-state index in [1.807, 2.05) is 0 Å². The van der Waals surface area contributed by atoms with E-state index >= 15 is 0 Å². The van der Waals surface area contributed by atoms with Crippen LogP contribution in [0.1, 0.15) is 52.9 Å². The van der Waals surface area contributed by atoms with E-state index in [-0.39, 0.29) is 0 Å². The fraction of sp³-hybridized carbons (Fsp3) is 1.00. The van der Waals surface area contributed by atoms with Gasteiger partial charge in [-0.1, -0.05) is 40.0 Å². The third kappa shape index (κ3) is 5.25. The first-order valence-electron chi connectivity index (χ1n) is 4.97. The quantitative estimate of drug-likeness (QED) is 0.589. The van der Waals surface area contributed by atoms with Crippen molar-refractivity contribution in [1.29, 1.82) is 0 Å². The van der Waals surface area contributed by atoms with E-state index in [2.05, 4.69) is 20.8 Å². The summed E-state index contributed by atoms with van der Waals surface area (Å²) < 4.78 is 0. The minimum Gasteiger partial charge on any atom is -0.327 e. The molecule has 0 aromatic rings. The topological polar surface area (TPSA) is 26.0 Å². The molecule has 0 rings (SSSR count). The van der Waals surface area contributed by atoms with Gasteiger partial charge in [-0.2, -0.15) is 0 Å². The Morgan fingerprint density at radius 2 is 1.82 bits per heavy atom. The van der Waals surface area contributed by atoms with E-state index in [1.54, 1.807) is 0 Å². The summed E-state index contributed by atoms with van der Waals surface area (Å²) in [5.41, 5.74) is 5.90. The van der Waals surface area contributed by atoms with Crippen LogP contribution in [0, 0.1) is 5.92 Å². The fourth-order valence-electron chi connectivity index (χ4n) is 1.33. The van der Waals surface area contributed by atoms with Crippen LogP contribution < -0.4 is 5.73 Å². The van der Waals surface area contributed by atoms with Crippen LogP contribution in [-0.4, -0.2) is 6.04 Å². The highest BCUT2D eigenvalue weighted by atomic mass is 14.6. The second kappa shape index (κ2) is 6.66. The van der Waals surface area contributed by atoms with E-state index in [0.717, 1.165) is 6.42 Å². The molecule has 1 unspecified atom stereocenters. The predicted molar refractivity (Wildman–Crippen MR) is 51.6 cm³/mol. The van der Waals surface area contributed by atoms with Gasteiger partial charge in [-0.05, 0) is 18.8 Å². The van der Waals surface area contributed by atoms with Crippen molar-refractivity contribution in [2.45, 2.75) is 58.9 Å². The number of rotatable bonds is 6. The SMILES string of the molecule is CCCCCC(C)[C@H](N)CC. The zero-order chi connectivity index (χ0) is 8.69. The van der Waals surface area contributed by atoms with Gasteiger partial charge in [-0.15, -0.1) is 0 Å². The maximum atomic E-state index is 5.90. The van der Waals surface area contributed by atoms with Gasteiger partial charge in [0.15, 0.2) is 0 Å². The molecule has 0 aromatic carbocycles. The van der Waals surface area contributed by atoms with E-state index in [4.69, 9.17) is 5.73 Å². The van der Waals surface area contributed by atoms with E-state index in [1.165, 1.54) is 25.7 Å². The lowest BCUT2D eigenvalue weighted by Gasteiger charge is -2.17. The van der Waals surface area contributed by atoms with Crippen LogP contribution in [0.15, 0.2) is 0 Å². The normalized spacial score (nSPS) is 16.4. The van der Waals surface area contributed by atoms with Crippen LogP contribution in [0.2, 0.25) is 0 Å². The van der Waals surface area contributed by atoms with Gasteiger partial charge in [-0.3, -0.25) is 0 Å². The molecule has 0 saturated heterocycles. The number of hydrogen-bond acceptors (Lipinski definition) is 1. The van der Waals surface area contributed by atoms with Crippen molar-refractivity contribution < 1.29 is 0 Å². The zero-order valence-electron chi connectivity index (χ0n) is 8.27. The molecule has 0 aliphatic rings. The van der Waals surface area contributed by atoms with Crippen LogP contribution >= 0.6 is 0 Å². The molecule has 0 aromatic heterocycles. The number of hydrogen-bond donors (Lipinski definition) is 1. The van der Waals surface area contributed by atoms with Crippen molar-refractivity contribution in [3.05, 3.63) is 0 Å². The van der Waals surface area contributed by atoms with Gasteiger partial charge >= 0.3 is 0 Å². The standard InChI is InChI=1S/C10H23N/c1-4-6-7-8-9(3)10(11)5-2/h9-10H,4-8,11H2,1-3H3/t9?,10-/m1/s1. The lowest BCUT2D eigenvalue weighted by Crippen LogP contribution is -2.27. The second-order valence-electron chi connectivity index (χ2n) is 3.55. The van der Waals surface area contributed by atoms with Gasteiger partial charge in [-0.25, -0.2) is 0 Å². The van der Waals surface area contributed by atoms with Gasteiger partial charge in [0.1, 0.15) is 0 Å². The van der Waals surface area contributed by atoms with Crippen molar-refractivity contribution in [3.8, 4) is 0 Å². The van der Waals surface area contributed by atoms with Crippen LogP contribution in [0.4, 0.5) is 0 Å². The van der Waals surface area contributed by atoms with E-state index in [0.29, 0.717) is 12.0 Å². The molecule has 0 aliphatic carbocycles. The van der Waals surface area contributed by atoms with Crippen molar-refractivity contribution in [2.75, 3.05) is 0 Å². The molecule has 0 bridgehead atoms. The van der Waals surface area contributed by atoms with Gasteiger partial charge in [0.25, 0.3) is 0 Å². The van der Waals surface area contributed by atoms with Crippen LogP contribution in [0.3, 0.4) is 0 Å². The molecule has 2 N–H and O–H groups in total. The van der Waals surface area contributed by atoms with Crippen LogP contribution in [0.25, 0.3) is 0 Å². The first kappa shape index (κ1) is 11.0. The van der Waals surface area contributed by atoms with Crippen LogP contribution in [0.5, 0.6) is 0 Å². The lowest BCUT2D eigenvalue weighted by atomic mass is 9.94. The average Bonchev–Trinajstić information content (AvgIpc) is 2.03. The van der Waals surface area contributed by atoms with E-state index in [9.17, 15) is 0 Å². The Kier molecular flexibility index (Phi) is 6.63. The lowest BCUT2D eigenvalue weighted by molar-refractivity contribution is 0.400. The first-order valence-corrected chi connectivity index (χ1v) is 4.97. The summed E-state index contributed by atoms with van der Waals surface area (Å²) >= 11 is 0. The molecule has 0 fully saturated rings. The summed E-state index contributed by atoms with van der Waals surface area (Å²) in [6.07, 6.45) is 6.45. The number of nitrogens with two attached hydrogens (primary N) is 1.